The third kappa shape index (κ3) is 5.10. The van der Waals surface area contributed by atoms with Crippen molar-refractivity contribution >= 4 is 45.1 Å². The number of ether oxygens (including phenoxy) is 2. The van der Waals surface area contributed by atoms with E-state index >= 15 is 0 Å². The molecule has 43 heavy (non-hydrogen) atoms. The number of nitrogens with one attached hydrogen (secondary N) is 1. The van der Waals surface area contributed by atoms with E-state index < -0.39 is 0 Å². The third-order valence-corrected chi connectivity index (χ3v) is 8.24. The zero-order valence-electron chi connectivity index (χ0n) is 23.6. The molecule has 5 heterocycles. The molecule has 1 amide bonds. The van der Waals surface area contributed by atoms with Gasteiger partial charge in [0.1, 0.15) is 17.1 Å². The van der Waals surface area contributed by atoms with Crippen molar-refractivity contribution in [2.45, 2.75) is 13.0 Å². The first-order chi connectivity index (χ1) is 21.0. The molecule has 3 aromatic heterocycles. The predicted molar refractivity (Wildman–Crippen MR) is 164 cm³/mol. The first kappa shape index (κ1) is 27.1. The molecule has 5 aromatic rings. The number of carbonyl (C=O) groups is 1. The van der Waals surface area contributed by atoms with E-state index in [1.807, 2.05) is 24.3 Å². The molecule has 2 aromatic carbocycles. The number of piperazine rings is 1. The van der Waals surface area contributed by atoms with Gasteiger partial charge >= 0.3 is 6.01 Å². The zero-order chi connectivity index (χ0) is 29.5. The van der Waals surface area contributed by atoms with Crippen LogP contribution in [0.1, 0.15) is 11.1 Å². The summed E-state index contributed by atoms with van der Waals surface area (Å²) in [4.78, 5) is 32.7. The van der Waals surface area contributed by atoms with E-state index in [0.29, 0.717) is 48.3 Å². The number of H-pyrrole nitrogens is 1. The topological polar surface area (TPSA) is 113 Å². The van der Waals surface area contributed by atoms with Gasteiger partial charge in [0, 0.05) is 51.0 Å². The molecule has 0 radical (unpaired) electrons. The number of anilines is 1. The Bertz CT molecular complexity index is 1870. The van der Waals surface area contributed by atoms with E-state index in [0.717, 1.165) is 47.1 Å². The second-order valence-corrected chi connectivity index (χ2v) is 11.1. The van der Waals surface area contributed by atoms with E-state index in [9.17, 15) is 4.79 Å². The molecule has 218 valence electrons. The van der Waals surface area contributed by atoms with Crippen LogP contribution in [0.3, 0.4) is 0 Å². The molecule has 0 aliphatic carbocycles. The monoisotopic (exact) mass is 596 g/mol. The molecule has 0 spiro atoms. The van der Waals surface area contributed by atoms with Crippen molar-refractivity contribution in [2.24, 2.45) is 0 Å². The molecule has 11 nitrogen and oxygen atoms in total. The number of nitrogens with zero attached hydrogens (tertiary/aromatic N) is 7. The summed E-state index contributed by atoms with van der Waals surface area (Å²) in [6.07, 6.45) is 5.54. The summed E-state index contributed by atoms with van der Waals surface area (Å²) in [7, 11) is 2.11. The van der Waals surface area contributed by atoms with Crippen LogP contribution >= 0.6 is 11.6 Å². The maximum Gasteiger partial charge on any atom is 0.324 e. The van der Waals surface area contributed by atoms with Gasteiger partial charge in [-0.2, -0.15) is 15.1 Å². The molecule has 2 aliphatic heterocycles. The van der Waals surface area contributed by atoms with E-state index in [1.165, 1.54) is 11.6 Å². The number of aromatic nitrogens is 5. The van der Waals surface area contributed by atoms with Gasteiger partial charge in [-0.15, -0.1) is 0 Å². The molecule has 7 rings (SSSR count). The largest absolute Gasteiger partial charge is 0.435 e. The number of benzene rings is 2. The van der Waals surface area contributed by atoms with Gasteiger partial charge in [0.2, 0.25) is 11.8 Å². The summed E-state index contributed by atoms with van der Waals surface area (Å²) in [5.41, 5.74) is 3.64. The van der Waals surface area contributed by atoms with Gasteiger partial charge < -0.3 is 24.2 Å². The number of rotatable bonds is 6. The van der Waals surface area contributed by atoms with Gasteiger partial charge in [0.15, 0.2) is 5.75 Å². The van der Waals surface area contributed by atoms with E-state index in [4.69, 9.17) is 31.0 Å². The minimum absolute atomic E-state index is 0.0825. The van der Waals surface area contributed by atoms with Crippen LogP contribution in [-0.2, 0) is 17.8 Å². The van der Waals surface area contributed by atoms with Crippen LogP contribution in [0.4, 0.5) is 5.82 Å². The van der Waals surface area contributed by atoms with Gasteiger partial charge in [0.25, 0.3) is 0 Å². The number of hydrogen-bond acceptors (Lipinski definition) is 9. The summed E-state index contributed by atoms with van der Waals surface area (Å²) in [6, 6.07) is 11.7. The Hall–Kier alpha value is -4.74. The smallest absolute Gasteiger partial charge is 0.324 e. The maximum absolute atomic E-state index is 12.2. The number of likely N-dealkylation sites (N-methyl/N-ethyl adjacent to an activating group) is 1. The Balaban J connectivity index is 1.32. The second kappa shape index (κ2) is 11.2. The summed E-state index contributed by atoms with van der Waals surface area (Å²) >= 11 is 6.58. The van der Waals surface area contributed by atoms with Gasteiger partial charge in [-0.3, -0.25) is 9.89 Å². The quantitative estimate of drug-likeness (QED) is 0.272. The molecular formula is C31H29ClN8O3. The van der Waals surface area contributed by atoms with Crippen LogP contribution in [0.25, 0.3) is 21.8 Å². The highest BCUT2D eigenvalue weighted by atomic mass is 35.5. The molecule has 0 bridgehead atoms. The van der Waals surface area contributed by atoms with Crippen LogP contribution in [0.15, 0.2) is 61.4 Å². The standard InChI is InChI=1S/C31H29ClN8O3/c1-3-26(41)39-13-15-40(16-14-39)29-21-9-11-33-30(43-28-22-17-34-37-24(22)8-7-23(28)32)27(21)35-31(36-29)42-25-6-4-5-19-18-38(2)12-10-20(19)25/h3-9,11,17H,1,10,12-16,18H2,2H3,(H,34,37). The average molecular weight is 597 g/mol. The van der Waals surface area contributed by atoms with Crippen LogP contribution in [0.2, 0.25) is 5.02 Å². The van der Waals surface area contributed by atoms with Crippen molar-refractivity contribution in [1.29, 1.82) is 0 Å². The SMILES string of the molecule is C=CC(=O)N1CCN(c2nc(Oc3cccc4c3CCN(C)C4)nc3c(Oc4c(Cl)ccc5[nH]ncc45)nccc23)CC1. The lowest BCUT2D eigenvalue weighted by atomic mass is 9.99. The molecule has 1 N–H and O–H groups in total. The third-order valence-electron chi connectivity index (χ3n) is 7.95. The fraction of sp³-hybridized carbons (Fsp3) is 0.258. The minimum atomic E-state index is -0.0825. The molecule has 12 heteroatoms. The number of carbonyl (C=O) groups excluding carboxylic acids is 1. The van der Waals surface area contributed by atoms with Crippen LogP contribution in [0, 0.1) is 0 Å². The molecule has 1 saturated heterocycles. The molecule has 0 atom stereocenters. The molecule has 1 fully saturated rings. The summed E-state index contributed by atoms with van der Waals surface area (Å²) in [5.74, 6) is 2.01. The van der Waals surface area contributed by atoms with Gasteiger partial charge in [-0.1, -0.05) is 30.3 Å². The van der Waals surface area contributed by atoms with Crippen molar-refractivity contribution in [2.75, 3.05) is 44.7 Å². The van der Waals surface area contributed by atoms with Crippen molar-refractivity contribution in [3.63, 3.8) is 0 Å². The van der Waals surface area contributed by atoms with Gasteiger partial charge in [-0.25, -0.2) is 4.98 Å². The fourth-order valence-electron chi connectivity index (χ4n) is 5.70. The minimum Gasteiger partial charge on any atom is -0.435 e. The lowest BCUT2D eigenvalue weighted by molar-refractivity contribution is -0.126. The zero-order valence-corrected chi connectivity index (χ0v) is 24.3. The fourth-order valence-corrected chi connectivity index (χ4v) is 5.90. The number of pyridine rings is 1. The summed E-state index contributed by atoms with van der Waals surface area (Å²) in [5, 5.41) is 8.96. The van der Waals surface area contributed by atoms with Crippen molar-refractivity contribution < 1.29 is 14.3 Å². The molecule has 0 unspecified atom stereocenters. The highest BCUT2D eigenvalue weighted by molar-refractivity contribution is 6.33. The van der Waals surface area contributed by atoms with Crippen molar-refractivity contribution in [3.05, 3.63) is 77.6 Å². The first-order valence-electron chi connectivity index (χ1n) is 14.1. The number of halogens is 1. The Morgan fingerprint density at radius 1 is 1.05 bits per heavy atom. The summed E-state index contributed by atoms with van der Waals surface area (Å²) in [6.45, 7) is 7.66. The lowest BCUT2D eigenvalue weighted by Crippen LogP contribution is -2.48. The first-order valence-corrected chi connectivity index (χ1v) is 14.5. The van der Waals surface area contributed by atoms with E-state index in [2.05, 4.69) is 44.7 Å². The van der Waals surface area contributed by atoms with Crippen LogP contribution < -0.4 is 14.4 Å². The number of fused-ring (bicyclic) bond motifs is 3. The molecule has 2 aliphatic rings. The van der Waals surface area contributed by atoms with Gasteiger partial charge in [0.05, 0.1) is 27.5 Å². The Labute approximate surface area is 252 Å². The second-order valence-electron chi connectivity index (χ2n) is 10.7. The number of aromatic amines is 1. The number of amides is 1. The predicted octanol–water partition coefficient (Wildman–Crippen LogP) is 4.96. The van der Waals surface area contributed by atoms with Crippen molar-refractivity contribution in [3.8, 4) is 23.4 Å². The Morgan fingerprint density at radius 3 is 2.74 bits per heavy atom. The Kier molecular flexibility index (Phi) is 7.04. The average Bonchev–Trinajstić information content (AvgIpc) is 3.51. The molecular weight excluding hydrogens is 568 g/mol. The van der Waals surface area contributed by atoms with Crippen molar-refractivity contribution in [1.82, 2.24) is 34.9 Å². The molecule has 0 saturated carbocycles. The van der Waals surface area contributed by atoms with E-state index in [1.54, 1.807) is 23.4 Å². The Morgan fingerprint density at radius 2 is 1.91 bits per heavy atom. The summed E-state index contributed by atoms with van der Waals surface area (Å²) < 4.78 is 12.8. The maximum atomic E-state index is 12.2. The van der Waals surface area contributed by atoms with Crippen LogP contribution in [0.5, 0.6) is 23.4 Å². The normalized spacial score (nSPS) is 15.5. The lowest BCUT2D eigenvalue weighted by Gasteiger charge is -2.35. The number of hydrogen-bond donors (Lipinski definition) is 1. The van der Waals surface area contributed by atoms with Crippen LogP contribution in [-0.4, -0.2) is 80.6 Å². The highest BCUT2D eigenvalue weighted by Crippen LogP contribution is 2.39. The van der Waals surface area contributed by atoms with E-state index in [-0.39, 0.29) is 17.8 Å². The highest BCUT2D eigenvalue weighted by Gasteiger charge is 2.26. The van der Waals surface area contributed by atoms with Gasteiger partial charge in [-0.05, 0) is 49.4 Å².